The van der Waals surface area contributed by atoms with E-state index >= 15 is 0 Å². The Bertz CT molecular complexity index is 3230. The van der Waals surface area contributed by atoms with Gasteiger partial charge in [0.15, 0.2) is 0 Å². The maximum atomic E-state index is 14.4. The molecule has 6 saturated heterocycles. The van der Waals surface area contributed by atoms with E-state index < -0.39 is 0 Å². The molecule has 0 unspecified atom stereocenters. The van der Waals surface area contributed by atoms with Gasteiger partial charge < -0.3 is 39.0 Å². The van der Waals surface area contributed by atoms with Gasteiger partial charge in [-0.05, 0) is 88.8 Å². The third-order valence-electron chi connectivity index (χ3n) is 16.9. The lowest BCUT2D eigenvalue weighted by Crippen LogP contribution is -2.38. The van der Waals surface area contributed by atoms with Gasteiger partial charge in [-0.3, -0.25) is 29.4 Å². The number of hydrogen-bond acceptors (Lipinski definition) is 14. The second-order valence-electron chi connectivity index (χ2n) is 21.5. The Balaban J connectivity index is 0.000000128. The molecule has 2 spiro atoms. The average Bonchev–Trinajstić information content (AvgIpc) is 4.39. The number of anilines is 7. The zero-order valence-electron chi connectivity index (χ0n) is 43.9. The van der Waals surface area contributed by atoms with Crippen LogP contribution in [0.3, 0.4) is 0 Å². The molecule has 77 heavy (non-hydrogen) atoms. The first-order chi connectivity index (χ1) is 37.5. The van der Waals surface area contributed by atoms with Gasteiger partial charge in [0, 0.05) is 136 Å². The zero-order chi connectivity index (χ0) is 52.8. The van der Waals surface area contributed by atoms with Crippen LogP contribution in [0.4, 0.5) is 48.9 Å². The predicted octanol–water partition coefficient (Wildman–Crippen LogP) is 9.10. The molecular weight excluding hydrogens is 1010 g/mol. The molecule has 2 aromatic carbocycles. The number of morpholine rings is 2. The second-order valence-corrected chi connectivity index (χ2v) is 21.9. The maximum absolute atomic E-state index is 14.4. The van der Waals surface area contributed by atoms with Crippen molar-refractivity contribution in [2.75, 3.05) is 135 Å². The molecule has 6 fully saturated rings. The highest BCUT2D eigenvalue weighted by Gasteiger charge is 2.47. The summed E-state index contributed by atoms with van der Waals surface area (Å²) in [4.78, 5) is 54.2. The molecule has 2 amide bonds. The van der Waals surface area contributed by atoms with Crippen LogP contribution >= 0.6 is 11.6 Å². The summed E-state index contributed by atoms with van der Waals surface area (Å²) in [5.41, 5.74) is 10.7. The Kier molecular flexibility index (Phi) is 14.4. The highest BCUT2D eigenvalue weighted by Crippen LogP contribution is 2.52. The molecule has 1 N–H and O–H groups in total. The van der Waals surface area contributed by atoms with Gasteiger partial charge in [-0.25, -0.2) is 18.7 Å². The fourth-order valence-corrected chi connectivity index (χ4v) is 12.8. The number of carbonyl (C=O) groups excluding carboxylic acids is 2. The molecule has 14 rings (SSSR count). The Labute approximate surface area is 452 Å². The lowest BCUT2D eigenvalue weighted by atomic mass is 9.78. The number of hydrogen-bond donors (Lipinski definition) is 1. The Morgan fingerprint density at radius 1 is 0.584 bits per heavy atom. The van der Waals surface area contributed by atoms with Gasteiger partial charge >= 0.3 is 0 Å². The monoisotopic (exact) mass is 1070 g/mol. The zero-order valence-corrected chi connectivity index (χ0v) is 44.6. The van der Waals surface area contributed by atoms with E-state index in [0.29, 0.717) is 85.4 Å². The van der Waals surface area contributed by atoms with Crippen molar-refractivity contribution < 1.29 is 37.3 Å². The molecule has 0 saturated carbocycles. The van der Waals surface area contributed by atoms with Crippen molar-refractivity contribution in [1.29, 1.82) is 0 Å². The largest absolute Gasteiger partial charge is 0.383 e. The van der Waals surface area contributed by atoms with Crippen molar-refractivity contribution in [3.05, 3.63) is 100 Å². The smallest absolute Gasteiger partial charge is 0.228 e. The lowest BCUT2D eigenvalue weighted by Gasteiger charge is -2.34. The normalized spacial score (nSPS) is 20.6. The second kappa shape index (κ2) is 21.5. The van der Waals surface area contributed by atoms with E-state index in [1.165, 1.54) is 41.3 Å². The van der Waals surface area contributed by atoms with Crippen LogP contribution in [0.5, 0.6) is 0 Å². The van der Waals surface area contributed by atoms with Gasteiger partial charge in [0.1, 0.15) is 23.3 Å². The predicted molar refractivity (Wildman–Crippen MR) is 295 cm³/mol. The molecule has 16 nitrogen and oxygen atoms in total. The van der Waals surface area contributed by atoms with Gasteiger partial charge in [0.05, 0.1) is 94.7 Å². The van der Waals surface area contributed by atoms with Crippen molar-refractivity contribution in [1.82, 2.24) is 19.9 Å². The quantitative estimate of drug-likeness (QED) is 0.175. The molecule has 6 aromatic rings. The van der Waals surface area contributed by atoms with Crippen LogP contribution < -0.4 is 29.8 Å². The Hall–Kier alpha value is -6.31. The van der Waals surface area contributed by atoms with Crippen LogP contribution in [-0.4, -0.2) is 137 Å². The molecule has 4 aromatic heterocycles. The van der Waals surface area contributed by atoms with Crippen molar-refractivity contribution in [2.45, 2.75) is 76.0 Å². The number of carbonyl (C=O) groups is 2. The summed E-state index contributed by atoms with van der Waals surface area (Å²) in [5, 5.41) is 5.68. The molecular formula is C58H65ClF2N10O6. The lowest BCUT2D eigenvalue weighted by molar-refractivity contribution is -0.117. The molecule has 0 radical (unpaired) electrons. The van der Waals surface area contributed by atoms with Crippen LogP contribution in [0.25, 0.3) is 21.8 Å². The van der Waals surface area contributed by atoms with E-state index in [1.807, 2.05) is 32.3 Å². The van der Waals surface area contributed by atoms with Crippen LogP contribution in [0.2, 0.25) is 5.02 Å². The van der Waals surface area contributed by atoms with E-state index in [9.17, 15) is 18.4 Å². The van der Waals surface area contributed by atoms with E-state index in [1.54, 1.807) is 15.9 Å². The number of rotatable bonds is 5. The summed E-state index contributed by atoms with van der Waals surface area (Å²) in [7, 11) is 0. The minimum Gasteiger partial charge on any atom is -0.383 e. The average molecular weight is 1070 g/mol. The third kappa shape index (κ3) is 9.78. The van der Waals surface area contributed by atoms with E-state index in [-0.39, 0.29) is 34.3 Å². The molecule has 12 heterocycles. The van der Waals surface area contributed by atoms with Crippen LogP contribution in [-0.2, 0) is 39.4 Å². The van der Waals surface area contributed by atoms with Gasteiger partial charge in [-0.1, -0.05) is 11.6 Å². The molecule has 0 atom stereocenters. The van der Waals surface area contributed by atoms with Crippen LogP contribution in [0.1, 0.15) is 73.9 Å². The summed E-state index contributed by atoms with van der Waals surface area (Å²) < 4.78 is 50.0. The third-order valence-corrected chi connectivity index (χ3v) is 17.4. The highest BCUT2D eigenvalue weighted by atomic mass is 35.5. The van der Waals surface area contributed by atoms with Crippen LogP contribution in [0, 0.1) is 25.5 Å². The molecule has 8 aliphatic heterocycles. The van der Waals surface area contributed by atoms with Gasteiger partial charge in [0.2, 0.25) is 11.8 Å². The number of fused-ring (bicyclic) bond motifs is 6. The first-order valence-corrected chi connectivity index (χ1v) is 27.7. The van der Waals surface area contributed by atoms with Crippen molar-refractivity contribution >= 4 is 85.3 Å². The number of amides is 2. The molecule has 8 aliphatic rings. The maximum Gasteiger partial charge on any atom is 0.228 e. The summed E-state index contributed by atoms with van der Waals surface area (Å²) in [6, 6.07) is 13.6. The minimum atomic E-state index is -0.362. The topological polar surface area (TPSA) is 151 Å². The van der Waals surface area contributed by atoms with E-state index in [4.69, 9.17) is 45.5 Å². The Morgan fingerprint density at radius 3 is 1.66 bits per heavy atom. The number of nitrogens with one attached hydrogen (secondary N) is 1. The fourth-order valence-electron chi connectivity index (χ4n) is 12.6. The fraction of sp³-hybridized carbons (Fsp3) is 0.483. The summed E-state index contributed by atoms with van der Waals surface area (Å²) in [6.45, 7) is 16.6. The summed E-state index contributed by atoms with van der Waals surface area (Å²) >= 11 is 6.31. The van der Waals surface area contributed by atoms with Crippen LogP contribution in [0.15, 0.2) is 60.9 Å². The highest BCUT2D eigenvalue weighted by molar-refractivity contribution is 6.36. The van der Waals surface area contributed by atoms with Crippen molar-refractivity contribution in [2.24, 2.45) is 0 Å². The number of halogens is 3. The molecule has 404 valence electrons. The number of benzene rings is 2. The number of pyridine rings is 4. The van der Waals surface area contributed by atoms with Crippen molar-refractivity contribution in [3.8, 4) is 0 Å². The van der Waals surface area contributed by atoms with Gasteiger partial charge in [-0.2, -0.15) is 0 Å². The standard InChI is InChI=1S/C29H32FN5O3.C15H21N3O2.C14H12ClFN2O/c1-19-26(22-5-4-20(30)15-23(22)32-28(19)34-8-2-3-25(34)36)35-18-29(6-11-37-12-7-29)27-24(35)16-21(17-31-27)33-9-13-38-14-10-33;1-5-19-6-2-15(1)11-17-13-9-12(10-16-14(13)15)18-3-7-20-8-4-18;1-8-13(15)10-5-4-9(16)7-11(10)17-14(8)18-6-2-3-12(18)19/h4-5,15-17H,2-3,6-14,18H2,1H3;9-10,17H,1-8,11H2;4-5,7H,2-3,6H2,1H3. The number of aromatic nitrogens is 4. The molecule has 0 bridgehead atoms. The Morgan fingerprint density at radius 2 is 1.09 bits per heavy atom. The molecule has 0 aliphatic carbocycles. The van der Waals surface area contributed by atoms with E-state index in [0.717, 1.165) is 143 Å². The molecule has 19 heteroatoms. The SMILES string of the molecule is Cc1c(N2CCCC2=O)nc2cc(F)ccc2c1Cl.Cc1c(N2CCCC2=O)nc2cc(F)ccc2c1N1CC2(CCOCC2)c2ncc(N3CCOCC3)cc21.c1nc2c(cc1N1CCOCC1)NCC21CCOCC1. The summed E-state index contributed by atoms with van der Waals surface area (Å²) in [5.74, 6) is 0.595. The van der Waals surface area contributed by atoms with Crippen molar-refractivity contribution in [3.63, 3.8) is 0 Å². The number of ether oxygens (including phenoxy) is 4. The minimum absolute atomic E-state index is 0.0439. The first-order valence-electron chi connectivity index (χ1n) is 27.3. The van der Waals surface area contributed by atoms with E-state index in [2.05, 4.69) is 37.1 Å². The number of nitrogens with zero attached hydrogens (tertiary/aromatic N) is 9. The van der Waals surface area contributed by atoms with Gasteiger partial charge in [-0.15, -0.1) is 0 Å². The van der Waals surface area contributed by atoms with Gasteiger partial charge in [0.25, 0.3) is 0 Å². The first kappa shape index (κ1) is 51.4. The summed E-state index contributed by atoms with van der Waals surface area (Å²) in [6.07, 6.45) is 10.7.